The Hall–Kier alpha value is -1.03. The smallest absolute Gasteiger partial charge is 0.407 e. The maximum absolute atomic E-state index is 12.0. The summed E-state index contributed by atoms with van der Waals surface area (Å²) in [5, 5.41) is 6.94. The molecule has 3 aliphatic rings. The van der Waals surface area contributed by atoms with Crippen molar-refractivity contribution in [1.29, 1.82) is 0 Å². The molecule has 2 saturated carbocycles. The van der Waals surface area contributed by atoms with Gasteiger partial charge in [-0.25, -0.2) is 4.79 Å². The molecule has 2 fully saturated rings. The summed E-state index contributed by atoms with van der Waals surface area (Å²) >= 11 is 0. The fourth-order valence-corrected chi connectivity index (χ4v) is 5.06. The van der Waals surface area contributed by atoms with Crippen LogP contribution >= 0.6 is 0 Å². The van der Waals surface area contributed by atoms with Crippen LogP contribution in [-0.2, 0) is 4.74 Å². The molecule has 0 aliphatic heterocycles. The van der Waals surface area contributed by atoms with Crippen LogP contribution in [0.5, 0.6) is 0 Å². The van der Waals surface area contributed by atoms with Crippen LogP contribution in [0.2, 0.25) is 0 Å². The molecule has 0 aromatic carbocycles. The van der Waals surface area contributed by atoms with Gasteiger partial charge in [0.15, 0.2) is 0 Å². The van der Waals surface area contributed by atoms with Gasteiger partial charge in [-0.1, -0.05) is 25.0 Å². The summed E-state index contributed by atoms with van der Waals surface area (Å²) in [4.78, 5) is 12.0. The van der Waals surface area contributed by atoms with E-state index in [0.29, 0.717) is 18.0 Å². The Morgan fingerprint density at radius 1 is 1.20 bits per heavy atom. The highest BCUT2D eigenvalue weighted by atomic mass is 16.6. The Labute approximate surface area is 153 Å². The summed E-state index contributed by atoms with van der Waals surface area (Å²) in [5.74, 6) is 2.92. The molecule has 1 amide bonds. The van der Waals surface area contributed by atoms with E-state index < -0.39 is 5.60 Å². The Balaban J connectivity index is 1.49. The summed E-state index contributed by atoms with van der Waals surface area (Å²) in [6, 6.07) is 1.08. The Bertz CT molecular complexity index is 497. The highest BCUT2D eigenvalue weighted by Gasteiger charge is 2.39. The summed E-state index contributed by atoms with van der Waals surface area (Å²) < 4.78 is 5.38. The first-order chi connectivity index (χ1) is 11.8. The van der Waals surface area contributed by atoms with Gasteiger partial charge in [0.1, 0.15) is 5.60 Å². The fourth-order valence-electron chi connectivity index (χ4n) is 5.06. The van der Waals surface area contributed by atoms with Crippen molar-refractivity contribution in [2.45, 2.75) is 83.9 Å². The number of alkyl carbamates (subject to hydrolysis) is 1. The summed E-state index contributed by atoms with van der Waals surface area (Å²) in [6.45, 7) is 8.80. The first-order valence-electron chi connectivity index (χ1n) is 10.2. The minimum atomic E-state index is -0.432. The Morgan fingerprint density at radius 3 is 2.60 bits per heavy atom. The number of rotatable bonds is 5. The summed E-state index contributed by atoms with van der Waals surface area (Å²) in [7, 11) is 0. The SMILES string of the molecule is CC(NC1CCCCC1CNC(=O)OC(C)(C)C)C1CC2C=CC1C2. The topological polar surface area (TPSA) is 50.4 Å². The van der Waals surface area contributed by atoms with Crippen LogP contribution in [0.15, 0.2) is 12.2 Å². The number of allylic oxidation sites excluding steroid dienone is 2. The molecule has 0 heterocycles. The Morgan fingerprint density at radius 2 is 1.96 bits per heavy atom. The van der Waals surface area contributed by atoms with Gasteiger partial charge in [0.2, 0.25) is 0 Å². The number of carbonyl (C=O) groups is 1. The first-order valence-corrected chi connectivity index (χ1v) is 10.2. The van der Waals surface area contributed by atoms with E-state index in [0.717, 1.165) is 24.3 Å². The predicted octanol–water partition coefficient (Wildman–Crippen LogP) is 4.26. The van der Waals surface area contributed by atoms with E-state index >= 15 is 0 Å². The molecule has 6 atom stereocenters. The molecule has 0 saturated heterocycles. The highest BCUT2D eigenvalue weighted by Crippen LogP contribution is 2.45. The van der Waals surface area contributed by atoms with E-state index in [1.165, 1.54) is 38.5 Å². The van der Waals surface area contributed by atoms with Gasteiger partial charge in [0.05, 0.1) is 0 Å². The minimum absolute atomic E-state index is 0.289. The first kappa shape index (κ1) is 18.8. The molecule has 6 unspecified atom stereocenters. The highest BCUT2D eigenvalue weighted by molar-refractivity contribution is 5.67. The standard InChI is InChI=1S/C21H36N2O2/c1-14(18-12-15-9-10-16(18)11-15)23-19-8-6-5-7-17(19)13-22-20(24)25-21(2,3)4/h9-10,14-19,23H,5-8,11-13H2,1-4H3,(H,22,24). The second-order valence-corrected chi connectivity index (χ2v) is 9.43. The van der Waals surface area contributed by atoms with Crippen LogP contribution in [0.3, 0.4) is 0 Å². The average Bonchev–Trinajstić information content (AvgIpc) is 3.15. The van der Waals surface area contributed by atoms with Crippen molar-refractivity contribution in [1.82, 2.24) is 10.6 Å². The number of nitrogens with one attached hydrogen (secondary N) is 2. The summed E-state index contributed by atoms with van der Waals surface area (Å²) in [6.07, 6.45) is 12.3. The number of ether oxygens (including phenoxy) is 1. The van der Waals surface area contributed by atoms with Crippen LogP contribution < -0.4 is 10.6 Å². The van der Waals surface area contributed by atoms with Gasteiger partial charge in [0.25, 0.3) is 0 Å². The van der Waals surface area contributed by atoms with E-state index in [1.54, 1.807) is 0 Å². The molecule has 0 spiro atoms. The van der Waals surface area contributed by atoms with Crippen LogP contribution in [0, 0.1) is 23.7 Å². The third-order valence-corrected chi connectivity index (χ3v) is 6.27. The average molecular weight is 349 g/mol. The van der Waals surface area contributed by atoms with E-state index in [9.17, 15) is 4.79 Å². The lowest BCUT2D eigenvalue weighted by molar-refractivity contribution is 0.0509. The predicted molar refractivity (Wildman–Crippen MR) is 101 cm³/mol. The van der Waals surface area contributed by atoms with Gasteiger partial charge >= 0.3 is 6.09 Å². The second kappa shape index (κ2) is 7.69. The third kappa shape index (κ3) is 4.99. The maximum atomic E-state index is 12.0. The van der Waals surface area contributed by atoms with Gasteiger partial charge < -0.3 is 15.4 Å². The second-order valence-electron chi connectivity index (χ2n) is 9.43. The fraction of sp³-hybridized carbons (Fsp3) is 0.857. The van der Waals surface area contributed by atoms with Crippen molar-refractivity contribution in [3.63, 3.8) is 0 Å². The van der Waals surface area contributed by atoms with Crippen molar-refractivity contribution >= 4 is 6.09 Å². The normalized spacial score (nSPS) is 35.6. The number of carbonyl (C=O) groups excluding carboxylic acids is 1. The molecule has 2 bridgehead atoms. The quantitative estimate of drug-likeness (QED) is 0.730. The van der Waals surface area contributed by atoms with E-state index in [-0.39, 0.29) is 6.09 Å². The number of amides is 1. The molecule has 0 aromatic rings. The zero-order valence-corrected chi connectivity index (χ0v) is 16.4. The molecule has 4 heteroatoms. The van der Waals surface area contributed by atoms with Crippen LogP contribution in [0.25, 0.3) is 0 Å². The molecule has 4 nitrogen and oxygen atoms in total. The molecule has 142 valence electrons. The number of fused-ring (bicyclic) bond motifs is 2. The number of hydrogen-bond donors (Lipinski definition) is 2. The minimum Gasteiger partial charge on any atom is -0.444 e. The molecular formula is C21H36N2O2. The van der Waals surface area contributed by atoms with Crippen LogP contribution in [0.1, 0.15) is 66.2 Å². The molecule has 2 N–H and O–H groups in total. The van der Waals surface area contributed by atoms with Crippen molar-refractivity contribution in [3.8, 4) is 0 Å². The van der Waals surface area contributed by atoms with Crippen molar-refractivity contribution in [2.75, 3.05) is 6.54 Å². The molecule has 3 rings (SSSR count). The molecule has 0 radical (unpaired) electrons. The monoisotopic (exact) mass is 348 g/mol. The van der Waals surface area contributed by atoms with Crippen LogP contribution in [0.4, 0.5) is 4.79 Å². The summed E-state index contributed by atoms with van der Waals surface area (Å²) in [5.41, 5.74) is -0.432. The zero-order valence-electron chi connectivity index (χ0n) is 16.4. The maximum Gasteiger partial charge on any atom is 0.407 e. The van der Waals surface area contributed by atoms with Gasteiger partial charge in [0, 0.05) is 18.6 Å². The van der Waals surface area contributed by atoms with Crippen molar-refractivity contribution in [2.24, 2.45) is 23.7 Å². The largest absolute Gasteiger partial charge is 0.444 e. The van der Waals surface area contributed by atoms with E-state index in [1.807, 2.05) is 20.8 Å². The molecular weight excluding hydrogens is 312 g/mol. The molecule has 3 aliphatic carbocycles. The lowest BCUT2D eigenvalue weighted by atomic mass is 9.82. The zero-order chi connectivity index (χ0) is 18.0. The van der Waals surface area contributed by atoms with E-state index in [4.69, 9.17) is 4.74 Å². The van der Waals surface area contributed by atoms with E-state index in [2.05, 4.69) is 29.7 Å². The van der Waals surface area contributed by atoms with Crippen molar-refractivity contribution < 1.29 is 9.53 Å². The van der Waals surface area contributed by atoms with Gasteiger partial charge in [-0.2, -0.15) is 0 Å². The number of hydrogen-bond acceptors (Lipinski definition) is 3. The van der Waals surface area contributed by atoms with Crippen molar-refractivity contribution in [3.05, 3.63) is 12.2 Å². The van der Waals surface area contributed by atoms with Crippen LogP contribution in [-0.4, -0.2) is 30.3 Å². The van der Waals surface area contributed by atoms with Gasteiger partial charge in [-0.3, -0.25) is 0 Å². The molecule has 25 heavy (non-hydrogen) atoms. The van der Waals surface area contributed by atoms with Gasteiger partial charge in [-0.05, 0) is 77.0 Å². The lowest BCUT2D eigenvalue weighted by Gasteiger charge is -2.37. The third-order valence-electron chi connectivity index (χ3n) is 6.27. The Kier molecular flexibility index (Phi) is 5.77. The van der Waals surface area contributed by atoms with Gasteiger partial charge in [-0.15, -0.1) is 0 Å². The molecule has 0 aromatic heterocycles. The lowest BCUT2D eigenvalue weighted by Crippen LogP contribution is -2.50.